The monoisotopic (exact) mass is 261 g/mol. The van der Waals surface area contributed by atoms with Crippen LogP contribution in [0.1, 0.15) is 6.42 Å². The molecule has 1 fully saturated rings. The maximum Gasteiger partial charge on any atom is 0.183 e. The second-order valence-electron chi connectivity index (χ2n) is 3.71. The molecular weight excluding hydrogens is 250 g/mol. The van der Waals surface area contributed by atoms with Crippen molar-refractivity contribution in [1.82, 2.24) is 0 Å². The third kappa shape index (κ3) is 2.03. The molecule has 1 saturated heterocycles. The van der Waals surface area contributed by atoms with Gasteiger partial charge in [0.05, 0.1) is 27.5 Å². The molecule has 1 aliphatic rings. The number of benzene rings is 1. The highest BCUT2D eigenvalue weighted by Gasteiger charge is 2.31. The van der Waals surface area contributed by atoms with Crippen LogP contribution >= 0.6 is 11.6 Å². The number of nitrogens with two attached hydrogens (primary N) is 1. The van der Waals surface area contributed by atoms with Gasteiger partial charge >= 0.3 is 0 Å². The smallest absolute Gasteiger partial charge is 0.183 e. The van der Waals surface area contributed by atoms with Crippen molar-refractivity contribution in [2.45, 2.75) is 16.6 Å². The van der Waals surface area contributed by atoms with E-state index in [1.807, 2.05) is 0 Å². The first-order valence-corrected chi connectivity index (χ1v) is 6.81. The van der Waals surface area contributed by atoms with Crippen LogP contribution in [0.15, 0.2) is 23.1 Å². The molecule has 1 heterocycles. The fraction of sp³-hybridized carbons (Fsp3) is 0.400. The van der Waals surface area contributed by atoms with Crippen molar-refractivity contribution >= 4 is 27.1 Å². The summed E-state index contributed by atoms with van der Waals surface area (Å²) in [6.07, 6.45) is 0.532. The van der Waals surface area contributed by atoms with E-state index in [1.54, 1.807) is 0 Å². The number of nitrogen functional groups attached to an aromatic ring is 1. The summed E-state index contributed by atoms with van der Waals surface area (Å²) in [5.74, 6) is 0. The summed E-state index contributed by atoms with van der Waals surface area (Å²) in [5, 5.41) is -0.202. The molecule has 1 aliphatic heterocycles. The molecule has 0 aromatic heterocycles. The van der Waals surface area contributed by atoms with Crippen LogP contribution in [0, 0.1) is 0 Å². The Morgan fingerprint density at radius 1 is 1.44 bits per heavy atom. The largest absolute Gasteiger partial charge is 0.398 e. The van der Waals surface area contributed by atoms with E-state index in [0.717, 1.165) is 0 Å². The van der Waals surface area contributed by atoms with E-state index in [-0.39, 0.29) is 16.5 Å². The summed E-state index contributed by atoms with van der Waals surface area (Å²) in [4.78, 5) is 0.210. The first-order chi connectivity index (χ1) is 7.51. The zero-order chi connectivity index (χ0) is 11.8. The predicted molar refractivity (Wildman–Crippen MR) is 62.3 cm³/mol. The average molecular weight is 262 g/mol. The van der Waals surface area contributed by atoms with Crippen LogP contribution in [-0.4, -0.2) is 26.9 Å². The number of anilines is 1. The molecule has 6 heteroatoms. The molecule has 0 bridgehead atoms. The summed E-state index contributed by atoms with van der Waals surface area (Å²) in [6.45, 7) is 0.747. The Balaban J connectivity index is 2.39. The van der Waals surface area contributed by atoms with Crippen LogP contribution in [0.2, 0.25) is 5.02 Å². The Hall–Kier alpha value is -0.780. The van der Waals surface area contributed by atoms with Gasteiger partial charge in [-0.3, -0.25) is 0 Å². The summed E-state index contributed by atoms with van der Waals surface area (Å²) >= 11 is 5.81. The lowest BCUT2D eigenvalue weighted by molar-refractivity contribution is 0.198. The second-order valence-corrected chi connectivity index (χ2v) is 6.35. The lowest BCUT2D eigenvalue weighted by Gasteiger charge is -2.10. The molecular formula is C10H12ClNO3S. The van der Waals surface area contributed by atoms with Gasteiger partial charge in [-0.05, 0) is 24.6 Å². The topological polar surface area (TPSA) is 69.4 Å². The molecule has 0 radical (unpaired) electrons. The Kier molecular flexibility index (Phi) is 3.10. The first-order valence-electron chi connectivity index (χ1n) is 4.88. The van der Waals surface area contributed by atoms with Crippen LogP contribution in [0.25, 0.3) is 0 Å². The Morgan fingerprint density at radius 3 is 2.75 bits per heavy atom. The Morgan fingerprint density at radius 2 is 2.19 bits per heavy atom. The quantitative estimate of drug-likeness (QED) is 0.819. The molecule has 4 nitrogen and oxygen atoms in total. The molecule has 2 rings (SSSR count). The normalized spacial score (nSPS) is 21.2. The fourth-order valence-corrected chi connectivity index (χ4v) is 3.49. The van der Waals surface area contributed by atoms with Gasteiger partial charge in [0, 0.05) is 6.61 Å². The number of halogens is 1. The zero-order valence-electron chi connectivity index (χ0n) is 8.52. The number of hydrogen-bond acceptors (Lipinski definition) is 4. The average Bonchev–Trinajstić information content (AvgIpc) is 2.75. The summed E-state index contributed by atoms with van der Waals surface area (Å²) in [6, 6.07) is 4.38. The highest BCUT2D eigenvalue weighted by molar-refractivity contribution is 7.92. The van der Waals surface area contributed by atoms with Gasteiger partial charge in [-0.15, -0.1) is 0 Å². The fourth-order valence-electron chi connectivity index (χ4n) is 1.63. The highest BCUT2D eigenvalue weighted by Crippen LogP contribution is 2.27. The van der Waals surface area contributed by atoms with E-state index in [2.05, 4.69) is 0 Å². The van der Waals surface area contributed by atoms with Crippen LogP contribution in [0.5, 0.6) is 0 Å². The molecule has 1 unspecified atom stereocenters. The van der Waals surface area contributed by atoms with Crippen molar-refractivity contribution in [2.24, 2.45) is 0 Å². The van der Waals surface area contributed by atoms with Crippen molar-refractivity contribution in [1.29, 1.82) is 0 Å². The molecule has 0 saturated carbocycles. The SMILES string of the molecule is Nc1ccc(S(=O)(=O)C2CCOC2)cc1Cl. The highest BCUT2D eigenvalue weighted by atomic mass is 35.5. The second kappa shape index (κ2) is 4.24. The van der Waals surface area contributed by atoms with Gasteiger partial charge < -0.3 is 10.5 Å². The molecule has 1 atom stereocenters. The molecule has 0 spiro atoms. The molecule has 0 aliphatic carbocycles. The molecule has 1 aromatic rings. The Labute approximate surface area is 99.3 Å². The van der Waals surface area contributed by atoms with Gasteiger partial charge in [-0.2, -0.15) is 0 Å². The lowest BCUT2D eigenvalue weighted by Crippen LogP contribution is -2.21. The Bertz CT molecular complexity index is 495. The van der Waals surface area contributed by atoms with Gasteiger partial charge in [0.25, 0.3) is 0 Å². The number of rotatable bonds is 2. The van der Waals surface area contributed by atoms with Crippen LogP contribution < -0.4 is 5.73 Å². The summed E-state index contributed by atoms with van der Waals surface area (Å²) in [5.41, 5.74) is 5.91. The molecule has 16 heavy (non-hydrogen) atoms. The molecule has 88 valence electrons. The van der Waals surface area contributed by atoms with Gasteiger partial charge in [0.1, 0.15) is 0 Å². The number of sulfone groups is 1. The minimum atomic E-state index is -3.34. The van der Waals surface area contributed by atoms with E-state index in [0.29, 0.717) is 18.7 Å². The minimum absolute atomic E-state index is 0.210. The van der Waals surface area contributed by atoms with E-state index in [9.17, 15) is 8.42 Å². The van der Waals surface area contributed by atoms with Crippen LogP contribution in [0.4, 0.5) is 5.69 Å². The third-order valence-corrected chi connectivity index (χ3v) is 5.11. The van der Waals surface area contributed by atoms with E-state index in [1.165, 1.54) is 18.2 Å². The summed E-state index contributed by atoms with van der Waals surface area (Å²) in [7, 11) is -3.34. The maximum absolute atomic E-state index is 12.1. The lowest BCUT2D eigenvalue weighted by atomic mass is 10.3. The number of ether oxygens (including phenoxy) is 1. The first kappa shape index (κ1) is 11.7. The van der Waals surface area contributed by atoms with Gasteiger partial charge in [-0.1, -0.05) is 11.6 Å². The molecule has 0 amide bonds. The van der Waals surface area contributed by atoms with Crippen molar-refractivity contribution < 1.29 is 13.2 Å². The third-order valence-electron chi connectivity index (χ3n) is 2.63. The van der Waals surface area contributed by atoms with Crippen molar-refractivity contribution in [3.63, 3.8) is 0 Å². The van der Waals surface area contributed by atoms with Crippen molar-refractivity contribution in [2.75, 3.05) is 18.9 Å². The van der Waals surface area contributed by atoms with Gasteiger partial charge in [-0.25, -0.2) is 8.42 Å². The van der Waals surface area contributed by atoms with Crippen LogP contribution in [0.3, 0.4) is 0 Å². The predicted octanol–water partition coefficient (Wildman–Crippen LogP) is 1.48. The molecule has 2 N–H and O–H groups in total. The van der Waals surface area contributed by atoms with Crippen molar-refractivity contribution in [3.05, 3.63) is 23.2 Å². The van der Waals surface area contributed by atoms with Crippen molar-refractivity contribution in [3.8, 4) is 0 Å². The van der Waals surface area contributed by atoms with Gasteiger partial charge in [0.2, 0.25) is 0 Å². The van der Waals surface area contributed by atoms with Crippen LogP contribution in [-0.2, 0) is 14.6 Å². The summed E-state index contributed by atoms with van der Waals surface area (Å²) < 4.78 is 29.3. The standard InChI is InChI=1S/C10H12ClNO3S/c11-9-5-7(1-2-10(9)12)16(13,14)8-3-4-15-6-8/h1-2,5,8H,3-4,6,12H2. The van der Waals surface area contributed by atoms with E-state index >= 15 is 0 Å². The number of hydrogen-bond donors (Lipinski definition) is 1. The molecule has 1 aromatic carbocycles. The van der Waals surface area contributed by atoms with Gasteiger partial charge in [0.15, 0.2) is 9.84 Å². The maximum atomic E-state index is 12.1. The minimum Gasteiger partial charge on any atom is -0.398 e. The zero-order valence-corrected chi connectivity index (χ0v) is 10.1. The van der Waals surface area contributed by atoms with E-state index < -0.39 is 15.1 Å². The van der Waals surface area contributed by atoms with E-state index in [4.69, 9.17) is 22.1 Å².